The first-order valence-electron chi connectivity index (χ1n) is 12.4. The molecule has 0 fully saturated rings. The predicted octanol–water partition coefficient (Wildman–Crippen LogP) is 5.32. The molecule has 0 bridgehead atoms. The third-order valence-corrected chi connectivity index (χ3v) is 6.90. The van der Waals surface area contributed by atoms with Crippen LogP contribution in [0, 0.1) is 12.3 Å². The lowest BCUT2D eigenvalue weighted by molar-refractivity contribution is -0.121. The Hall–Kier alpha value is -3.93. The van der Waals surface area contributed by atoms with Gasteiger partial charge in [-0.25, -0.2) is 0 Å². The zero-order valence-electron chi connectivity index (χ0n) is 21.0. The second-order valence-corrected chi connectivity index (χ2v) is 10.5. The molecule has 36 heavy (non-hydrogen) atoms. The van der Waals surface area contributed by atoms with Crippen LogP contribution in [0.3, 0.4) is 0 Å². The van der Waals surface area contributed by atoms with E-state index in [1.54, 1.807) is 6.20 Å². The fourth-order valence-corrected chi connectivity index (χ4v) is 5.23. The highest BCUT2D eigenvalue weighted by molar-refractivity contribution is 6.01. The van der Waals surface area contributed by atoms with Gasteiger partial charge in [-0.2, -0.15) is 0 Å². The summed E-state index contributed by atoms with van der Waals surface area (Å²) >= 11 is 0. The van der Waals surface area contributed by atoms with Crippen molar-refractivity contribution in [1.82, 2.24) is 10.3 Å². The zero-order chi connectivity index (χ0) is 25.3. The van der Waals surface area contributed by atoms with Crippen LogP contribution in [0.15, 0.2) is 84.2 Å². The number of carbonyl (C=O) groups excluding carboxylic acids is 2. The number of aryl methyl sites for hydroxylation is 1. The average molecular weight is 481 g/mol. The summed E-state index contributed by atoms with van der Waals surface area (Å²) in [5, 5.41) is 6.61. The Morgan fingerprint density at radius 2 is 1.81 bits per heavy atom. The highest BCUT2D eigenvalue weighted by atomic mass is 16.2. The minimum Gasteiger partial charge on any atom is -0.357 e. The number of allylic oxidation sites excluding steroid dienone is 1. The van der Waals surface area contributed by atoms with Crippen LogP contribution in [0.4, 0.5) is 11.4 Å². The van der Waals surface area contributed by atoms with Gasteiger partial charge in [0.2, 0.25) is 5.91 Å². The second kappa shape index (κ2) is 9.61. The number of aromatic nitrogens is 1. The van der Waals surface area contributed by atoms with Crippen molar-refractivity contribution in [1.29, 1.82) is 0 Å². The molecule has 2 aromatic carbocycles. The van der Waals surface area contributed by atoms with E-state index in [4.69, 9.17) is 0 Å². The first-order chi connectivity index (χ1) is 17.3. The number of nitrogens with one attached hydrogen (secondary N) is 2. The molecule has 1 atom stereocenters. The van der Waals surface area contributed by atoms with E-state index in [0.29, 0.717) is 13.0 Å². The lowest BCUT2D eigenvalue weighted by Crippen LogP contribution is -2.42. The molecule has 184 valence electrons. The third kappa shape index (κ3) is 4.89. The van der Waals surface area contributed by atoms with Crippen molar-refractivity contribution in [3.63, 3.8) is 0 Å². The Labute approximate surface area is 212 Å². The van der Waals surface area contributed by atoms with Gasteiger partial charge in [-0.15, -0.1) is 0 Å². The Balaban J connectivity index is 1.58. The van der Waals surface area contributed by atoms with E-state index in [-0.39, 0.29) is 29.7 Å². The number of carbonyl (C=O) groups is 2. The number of benzene rings is 2. The normalized spacial score (nSPS) is 18.6. The summed E-state index contributed by atoms with van der Waals surface area (Å²) in [7, 11) is 0. The van der Waals surface area contributed by atoms with Crippen molar-refractivity contribution in [3.05, 3.63) is 101 Å². The molecule has 0 spiro atoms. The third-order valence-electron chi connectivity index (χ3n) is 6.90. The second-order valence-electron chi connectivity index (χ2n) is 10.5. The molecular formula is C30H32N4O2. The molecule has 1 aliphatic heterocycles. The van der Waals surface area contributed by atoms with Crippen LogP contribution < -0.4 is 15.5 Å². The van der Waals surface area contributed by atoms with Gasteiger partial charge in [0.1, 0.15) is 0 Å². The maximum atomic E-state index is 13.7. The zero-order valence-corrected chi connectivity index (χ0v) is 21.0. The molecule has 1 aromatic heterocycles. The molecule has 0 saturated heterocycles. The summed E-state index contributed by atoms with van der Waals surface area (Å²) in [5.74, 6) is 0.00577. The van der Waals surface area contributed by atoms with Gasteiger partial charge in [0, 0.05) is 23.9 Å². The smallest absolute Gasteiger partial charge is 0.239 e. The largest absolute Gasteiger partial charge is 0.357 e. The Morgan fingerprint density at radius 3 is 2.56 bits per heavy atom. The van der Waals surface area contributed by atoms with Crippen LogP contribution in [-0.4, -0.2) is 23.2 Å². The van der Waals surface area contributed by atoms with Crippen molar-refractivity contribution in [2.75, 3.05) is 16.8 Å². The Bertz CT molecular complexity index is 1310. The van der Waals surface area contributed by atoms with Gasteiger partial charge >= 0.3 is 0 Å². The fourth-order valence-electron chi connectivity index (χ4n) is 5.23. The average Bonchev–Trinajstić information content (AvgIpc) is 2.98. The SMILES string of the molecule is Cc1ccc([C@H]2C3=C(CC(C)(C)CC3=O)Nc3ccccc3N2CC(=O)NCc2ccccn2)cc1. The van der Waals surface area contributed by atoms with Gasteiger partial charge in [-0.05, 0) is 48.6 Å². The van der Waals surface area contributed by atoms with Crippen LogP contribution in [0.1, 0.15) is 49.6 Å². The monoisotopic (exact) mass is 480 g/mol. The van der Waals surface area contributed by atoms with Crippen molar-refractivity contribution in [3.8, 4) is 0 Å². The number of fused-ring (bicyclic) bond motifs is 1. The maximum Gasteiger partial charge on any atom is 0.239 e. The molecule has 1 aliphatic carbocycles. The number of Topliss-reactive ketones (excluding diaryl/α,β-unsaturated/α-hetero) is 1. The van der Waals surface area contributed by atoms with Crippen LogP contribution >= 0.6 is 0 Å². The van der Waals surface area contributed by atoms with E-state index in [2.05, 4.69) is 65.6 Å². The van der Waals surface area contributed by atoms with E-state index < -0.39 is 0 Å². The van der Waals surface area contributed by atoms with Crippen molar-refractivity contribution in [2.24, 2.45) is 5.41 Å². The highest BCUT2D eigenvalue weighted by Gasteiger charge is 2.41. The Morgan fingerprint density at radius 1 is 1.06 bits per heavy atom. The van der Waals surface area contributed by atoms with Crippen LogP contribution in [0.5, 0.6) is 0 Å². The molecule has 6 heteroatoms. The molecule has 6 nitrogen and oxygen atoms in total. The summed E-state index contributed by atoms with van der Waals surface area (Å²) in [6, 6.07) is 21.5. The number of pyridine rings is 1. The van der Waals surface area contributed by atoms with Gasteiger partial charge in [0.15, 0.2) is 5.78 Å². The number of rotatable bonds is 5. The predicted molar refractivity (Wildman–Crippen MR) is 142 cm³/mol. The van der Waals surface area contributed by atoms with Crippen LogP contribution in [-0.2, 0) is 16.1 Å². The van der Waals surface area contributed by atoms with Crippen LogP contribution in [0.2, 0.25) is 0 Å². The molecule has 5 rings (SSSR count). The molecule has 0 saturated carbocycles. The van der Waals surface area contributed by atoms with Crippen molar-refractivity contribution >= 4 is 23.1 Å². The molecule has 2 N–H and O–H groups in total. The summed E-state index contributed by atoms with van der Waals surface area (Å²) in [6.07, 6.45) is 2.96. The number of amides is 1. The van der Waals surface area contributed by atoms with Gasteiger partial charge in [0.25, 0.3) is 0 Å². The summed E-state index contributed by atoms with van der Waals surface area (Å²) in [4.78, 5) is 33.4. The van der Waals surface area contributed by atoms with Gasteiger partial charge < -0.3 is 15.5 Å². The number of nitrogens with zero attached hydrogens (tertiary/aromatic N) is 2. The quantitative estimate of drug-likeness (QED) is 0.517. The van der Waals surface area contributed by atoms with Gasteiger partial charge in [-0.1, -0.05) is 61.9 Å². The first-order valence-corrected chi connectivity index (χ1v) is 12.4. The lowest BCUT2D eigenvalue weighted by Gasteiger charge is -2.38. The van der Waals surface area contributed by atoms with E-state index >= 15 is 0 Å². The van der Waals surface area contributed by atoms with Gasteiger partial charge in [0.05, 0.1) is 36.2 Å². The molecule has 1 amide bonds. The molecular weight excluding hydrogens is 448 g/mol. The number of anilines is 2. The summed E-state index contributed by atoms with van der Waals surface area (Å²) < 4.78 is 0. The first kappa shape index (κ1) is 23.8. The van der Waals surface area contributed by atoms with Crippen LogP contribution in [0.25, 0.3) is 0 Å². The summed E-state index contributed by atoms with van der Waals surface area (Å²) in [5.41, 5.74) is 6.32. The number of hydrogen-bond donors (Lipinski definition) is 2. The topological polar surface area (TPSA) is 74.3 Å². The van der Waals surface area contributed by atoms with Crippen molar-refractivity contribution < 1.29 is 9.59 Å². The minimum atomic E-state index is -0.374. The van der Waals surface area contributed by atoms with E-state index in [0.717, 1.165) is 45.9 Å². The Kier molecular flexibility index (Phi) is 6.35. The fraction of sp³-hybridized carbons (Fsp3) is 0.300. The molecule has 3 aromatic rings. The minimum absolute atomic E-state index is 0.109. The lowest BCUT2D eigenvalue weighted by atomic mass is 9.73. The van der Waals surface area contributed by atoms with E-state index in [9.17, 15) is 9.59 Å². The van der Waals surface area contributed by atoms with Gasteiger partial charge in [-0.3, -0.25) is 14.6 Å². The summed E-state index contributed by atoms with van der Waals surface area (Å²) in [6.45, 7) is 6.78. The van der Waals surface area contributed by atoms with Crippen molar-refractivity contribution in [2.45, 2.75) is 46.2 Å². The molecule has 0 radical (unpaired) electrons. The molecule has 2 aliphatic rings. The number of hydrogen-bond acceptors (Lipinski definition) is 5. The number of para-hydroxylation sites is 2. The molecule has 0 unspecified atom stereocenters. The highest BCUT2D eigenvalue weighted by Crippen LogP contribution is 2.48. The number of ketones is 1. The van der Waals surface area contributed by atoms with E-state index in [1.807, 2.05) is 42.5 Å². The van der Waals surface area contributed by atoms with E-state index in [1.165, 1.54) is 0 Å². The standard InChI is InChI=1S/C30H32N4O2/c1-20-11-13-21(14-12-20)29-28-24(16-30(2,3)17-26(28)35)33-23-9-4-5-10-25(23)34(29)19-27(36)32-18-22-8-6-7-15-31-22/h4-15,29,33H,16-19H2,1-3H3,(H,32,36)/t29-/m0/s1. The maximum absolute atomic E-state index is 13.7. The molecule has 2 heterocycles.